The minimum Gasteiger partial charge on any atom is -0.492 e. The molecule has 0 aliphatic carbocycles. The van der Waals surface area contributed by atoms with Crippen LogP contribution in [0.2, 0.25) is 0 Å². The highest BCUT2D eigenvalue weighted by Gasteiger charge is 2.29. The van der Waals surface area contributed by atoms with E-state index in [1.807, 2.05) is 48.0 Å². The van der Waals surface area contributed by atoms with Gasteiger partial charge < -0.3 is 14.5 Å². The van der Waals surface area contributed by atoms with Gasteiger partial charge in [-0.1, -0.05) is 19.9 Å². The van der Waals surface area contributed by atoms with Gasteiger partial charge in [-0.15, -0.1) is 11.3 Å². The fourth-order valence-corrected chi connectivity index (χ4v) is 5.16. The van der Waals surface area contributed by atoms with E-state index in [-0.39, 0.29) is 17.7 Å². The number of benzene rings is 1. The highest BCUT2D eigenvalue weighted by Crippen LogP contribution is 2.39. The lowest BCUT2D eigenvalue weighted by atomic mass is 10.0. The van der Waals surface area contributed by atoms with Crippen molar-refractivity contribution in [3.05, 3.63) is 40.5 Å². The Hall–Kier alpha value is -3.20. The molecule has 1 saturated heterocycles. The summed E-state index contributed by atoms with van der Waals surface area (Å²) in [6, 6.07) is 6.03. The molecular formula is C23H25N5O3S. The highest BCUT2D eigenvalue weighted by atomic mass is 32.1. The van der Waals surface area contributed by atoms with Crippen LogP contribution in [0.3, 0.4) is 0 Å². The van der Waals surface area contributed by atoms with Gasteiger partial charge in [0.15, 0.2) is 5.01 Å². The molecule has 0 spiro atoms. The first kappa shape index (κ1) is 20.7. The van der Waals surface area contributed by atoms with Crippen molar-refractivity contribution in [1.29, 1.82) is 0 Å². The summed E-state index contributed by atoms with van der Waals surface area (Å²) in [6.45, 7) is 6.57. The second-order valence-electron chi connectivity index (χ2n) is 8.36. The van der Waals surface area contributed by atoms with Gasteiger partial charge in [0.1, 0.15) is 5.75 Å². The lowest BCUT2D eigenvalue weighted by molar-refractivity contribution is -0.135. The van der Waals surface area contributed by atoms with Crippen LogP contribution in [0.5, 0.6) is 5.75 Å². The molecule has 3 aromatic rings. The quantitative estimate of drug-likeness (QED) is 0.661. The molecule has 1 N–H and O–H groups in total. The summed E-state index contributed by atoms with van der Waals surface area (Å²) in [5.74, 6) is 0.831. The van der Waals surface area contributed by atoms with Gasteiger partial charge in [-0.25, -0.2) is 4.98 Å². The first-order valence-electron chi connectivity index (χ1n) is 10.9. The molecule has 1 fully saturated rings. The molecule has 2 aromatic heterocycles. The number of aromatic nitrogens is 3. The summed E-state index contributed by atoms with van der Waals surface area (Å²) in [4.78, 5) is 34.9. The Morgan fingerprint density at radius 3 is 2.62 bits per heavy atom. The van der Waals surface area contributed by atoms with Crippen LogP contribution in [0, 0.1) is 5.92 Å². The summed E-state index contributed by atoms with van der Waals surface area (Å²) in [7, 11) is 0. The average molecular weight is 452 g/mol. The number of thiazole rings is 1. The molecule has 2 aliphatic rings. The molecule has 0 bridgehead atoms. The number of amides is 2. The lowest BCUT2D eigenvalue weighted by Gasteiger charge is -2.35. The summed E-state index contributed by atoms with van der Waals surface area (Å²) < 4.78 is 6.00. The van der Waals surface area contributed by atoms with Crippen molar-refractivity contribution >= 4 is 23.2 Å². The average Bonchev–Trinajstić information content (AvgIpc) is 3.46. The first-order valence-corrected chi connectivity index (χ1v) is 11.7. The summed E-state index contributed by atoms with van der Waals surface area (Å²) in [6.07, 6.45) is 4.34. The Kier molecular flexibility index (Phi) is 5.42. The van der Waals surface area contributed by atoms with E-state index in [4.69, 9.17) is 9.72 Å². The Balaban J connectivity index is 1.37. The Morgan fingerprint density at radius 2 is 1.91 bits per heavy atom. The molecule has 0 unspecified atom stereocenters. The summed E-state index contributed by atoms with van der Waals surface area (Å²) >= 11 is 1.45. The minimum absolute atomic E-state index is 0.0248. The molecular weight excluding hydrogens is 426 g/mol. The molecule has 4 heterocycles. The third kappa shape index (κ3) is 3.77. The maximum absolute atomic E-state index is 13.2. The lowest BCUT2D eigenvalue weighted by Crippen LogP contribution is -2.51. The van der Waals surface area contributed by atoms with E-state index in [0.717, 1.165) is 33.0 Å². The van der Waals surface area contributed by atoms with Gasteiger partial charge in [0.05, 0.1) is 18.5 Å². The topological polar surface area (TPSA) is 91.4 Å². The largest absolute Gasteiger partial charge is 0.492 e. The molecule has 9 heteroatoms. The van der Waals surface area contributed by atoms with Crippen LogP contribution in [0.15, 0.2) is 30.6 Å². The van der Waals surface area contributed by atoms with Crippen molar-refractivity contribution < 1.29 is 14.3 Å². The van der Waals surface area contributed by atoms with Gasteiger partial charge >= 0.3 is 0 Å². The molecule has 0 atom stereocenters. The number of hydrogen-bond acceptors (Lipinski definition) is 6. The third-order valence-electron chi connectivity index (χ3n) is 5.91. The van der Waals surface area contributed by atoms with Crippen LogP contribution in [-0.2, 0) is 11.2 Å². The van der Waals surface area contributed by atoms with E-state index < -0.39 is 0 Å². The van der Waals surface area contributed by atoms with Gasteiger partial charge in [0.2, 0.25) is 5.91 Å². The Morgan fingerprint density at radius 1 is 1.12 bits per heavy atom. The Bertz CT molecular complexity index is 1150. The zero-order valence-corrected chi connectivity index (χ0v) is 18.9. The van der Waals surface area contributed by atoms with Crippen molar-refractivity contribution in [2.75, 3.05) is 32.8 Å². The standard InChI is InChI=1S/C23H25N5O3S/c1-14(2)22(29)27-6-8-28(9-7-27)23(30)21-26-20-17-4-3-15(16-12-24-25-13-16)11-18(17)31-10-5-19(20)32-21/h3-4,11-14H,5-10H2,1-2H3,(H,24,25). The Labute approximate surface area is 190 Å². The zero-order valence-electron chi connectivity index (χ0n) is 18.1. The maximum atomic E-state index is 13.2. The normalized spacial score (nSPS) is 15.7. The number of hydrogen-bond donors (Lipinski definition) is 1. The second-order valence-corrected chi connectivity index (χ2v) is 9.44. The number of aromatic amines is 1. The van der Waals surface area contributed by atoms with Gasteiger partial charge in [0.25, 0.3) is 5.91 Å². The predicted octanol–water partition coefficient (Wildman–Crippen LogP) is 3.08. The molecule has 166 valence electrons. The van der Waals surface area contributed by atoms with Crippen molar-refractivity contribution in [2.24, 2.45) is 5.92 Å². The number of nitrogens with one attached hydrogen (secondary N) is 1. The van der Waals surface area contributed by atoms with Crippen LogP contribution >= 0.6 is 11.3 Å². The van der Waals surface area contributed by atoms with Gasteiger partial charge in [-0.05, 0) is 17.7 Å². The molecule has 2 amide bonds. The molecule has 0 saturated carbocycles. The smallest absolute Gasteiger partial charge is 0.282 e. The van der Waals surface area contributed by atoms with Crippen LogP contribution in [0.1, 0.15) is 28.5 Å². The zero-order chi connectivity index (χ0) is 22.2. The number of fused-ring (bicyclic) bond motifs is 3. The predicted molar refractivity (Wildman–Crippen MR) is 122 cm³/mol. The van der Waals surface area contributed by atoms with Crippen LogP contribution in [0.4, 0.5) is 0 Å². The number of piperazine rings is 1. The number of H-pyrrole nitrogens is 1. The van der Waals surface area contributed by atoms with Gasteiger partial charge in [0, 0.05) is 60.7 Å². The van der Waals surface area contributed by atoms with Gasteiger partial charge in [-0.2, -0.15) is 5.10 Å². The molecule has 5 rings (SSSR count). The van der Waals surface area contributed by atoms with Crippen LogP contribution in [0.25, 0.3) is 22.4 Å². The van der Waals surface area contributed by atoms with E-state index in [9.17, 15) is 9.59 Å². The number of carbonyl (C=O) groups is 2. The third-order valence-corrected chi connectivity index (χ3v) is 7.01. The number of nitrogens with zero attached hydrogens (tertiary/aromatic N) is 4. The number of rotatable bonds is 3. The minimum atomic E-state index is -0.0581. The van der Waals surface area contributed by atoms with E-state index in [1.54, 1.807) is 6.20 Å². The van der Waals surface area contributed by atoms with E-state index in [0.29, 0.717) is 44.2 Å². The van der Waals surface area contributed by atoms with Gasteiger partial charge in [-0.3, -0.25) is 14.7 Å². The van der Waals surface area contributed by atoms with Crippen molar-refractivity contribution in [2.45, 2.75) is 20.3 Å². The fourth-order valence-electron chi connectivity index (χ4n) is 4.13. The van der Waals surface area contributed by atoms with Crippen molar-refractivity contribution in [3.8, 4) is 28.1 Å². The maximum Gasteiger partial charge on any atom is 0.282 e. The van der Waals surface area contributed by atoms with Crippen molar-refractivity contribution in [1.82, 2.24) is 25.0 Å². The number of ether oxygens (including phenoxy) is 1. The molecule has 32 heavy (non-hydrogen) atoms. The molecule has 1 aromatic carbocycles. The monoisotopic (exact) mass is 451 g/mol. The van der Waals surface area contributed by atoms with Crippen LogP contribution < -0.4 is 4.74 Å². The van der Waals surface area contributed by atoms with Crippen molar-refractivity contribution in [3.63, 3.8) is 0 Å². The SMILES string of the molecule is CC(C)C(=O)N1CCN(C(=O)c2nc3c(s2)CCOc2cc(-c4cn[nH]c4)ccc2-3)CC1. The highest BCUT2D eigenvalue weighted by molar-refractivity contribution is 7.14. The molecule has 8 nitrogen and oxygen atoms in total. The second kappa shape index (κ2) is 8.38. The fraction of sp³-hybridized carbons (Fsp3) is 0.391. The first-order chi connectivity index (χ1) is 15.5. The van der Waals surface area contributed by atoms with E-state index >= 15 is 0 Å². The van der Waals surface area contributed by atoms with Crippen LogP contribution in [-0.4, -0.2) is 69.6 Å². The summed E-state index contributed by atoms with van der Waals surface area (Å²) in [5, 5.41) is 7.35. The molecule has 0 radical (unpaired) electrons. The van der Waals surface area contributed by atoms with E-state index in [1.165, 1.54) is 11.3 Å². The van der Waals surface area contributed by atoms with E-state index in [2.05, 4.69) is 10.2 Å². The molecule has 2 aliphatic heterocycles. The number of carbonyl (C=O) groups excluding carboxylic acids is 2. The summed E-state index contributed by atoms with van der Waals surface area (Å²) in [5.41, 5.74) is 3.75.